The number of aryl methyl sites for hydroxylation is 1. The Hall–Kier alpha value is -1.90. The van der Waals surface area contributed by atoms with Crippen LogP contribution in [-0.4, -0.2) is 24.4 Å². The van der Waals surface area contributed by atoms with Gasteiger partial charge in [0.15, 0.2) is 6.29 Å². The molecule has 0 unspecified atom stereocenters. The number of hydrogen-bond acceptors (Lipinski definition) is 3. The van der Waals surface area contributed by atoms with E-state index in [0.29, 0.717) is 5.56 Å². The second-order valence-corrected chi connectivity index (χ2v) is 4.53. The minimum absolute atomic E-state index is 0.671. The maximum absolute atomic E-state index is 11.3. The van der Waals surface area contributed by atoms with Crippen LogP contribution < -0.4 is 4.90 Å². The number of carbonyl (C=O) groups is 1. The van der Waals surface area contributed by atoms with Crippen molar-refractivity contribution in [2.45, 2.75) is 27.2 Å². The second kappa shape index (κ2) is 5.83. The zero-order valence-corrected chi connectivity index (χ0v) is 11.8. The number of aromatic nitrogens is 1. The van der Waals surface area contributed by atoms with Gasteiger partial charge in [-0.05, 0) is 31.9 Å². The molecule has 2 rings (SSSR count). The number of aldehydes is 1. The van der Waals surface area contributed by atoms with Crippen LogP contribution in [0.25, 0.3) is 10.9 Å². The summed E-state index contributed by atoms with van der Waals surface area (Å²) in [6.07, 6.45) is 1.85. The molecule has 0 aliphatic carbocycles. The molecule has 0 aliphatic heterocycles. The molecule has 0 saturated heterocycles. The van der Waals surface area contributed by atoms with Crippen molar-refractivity contribution in [1.82, 2.24) is 4.98 Å². The molecule has 2 aromatic rings. The summed E-state index contributed by atoms with van der Waals surface area (Å²) in [5.74, 6) is 0.799. The van der Waals surface area contributed by atoms with E-state index in [4.69, 9.17) is 4.98 Å². The van der Waals surface area contributed by atoms with E-state index in [1.165, 1.54) is 5.56 Å². The van der Waals surface area contributed by atoms with Gasteiger partial charge >= 0.3 is 0 Å². The summed E-state index contributed by atoms with van der Waals surface area (Å²) in [7, 11) is 0. The van der Waals surface area contributed by atoms with Gasteiger partial charge in [-0.15, -0.1) is 0 Å². The van der Waals surface area contributed by atoms with Crippen molar-refractivity contribution in [2.75, 3.05) is 18.0 Å². The minimum atomic E-state index is 0.671. The number of para-hydroxylation sites is 1. The summed E-state index contributed by atoms with van der Waals surface area (Å²) in [5.41, 5.74) is 2.91. The highest BCUT2D eigenvalue weighted by molar-refractivity contribution is 5.93. The standard InChI is InChI=1S/C16H20N2O/c1-4-12-8-7-9-13-10-14(11-19)16(17-15(12)13)18(5-2)6-3/h7-11H,4-6H2,1-3H3. The van der Waals surface area contributed by atoms with Crippen LogP contribution in [0, 0.1) is 0 Å². The molecule has 0 N–H and O–H groups in total. The lowest BCUT2D eigenvalue weighted by Crippen LogP contribution is -2.24. The average Bonchev–Trinajstić information content (AvgIpc) is 2.47. The molecule has 0 atom stereocenters. The van der Waals surface area contributed by atoms with Crippen LogP contribution in [0.3, 0.4) is 0 Å². The number of benzene rings is 1. The van der Waals surface area contributed by atoms with E-state index in [1.54, 1.807) is 0 Å². The summed E-state index contributed by atoms with van der Waals surface area (Å²) >= 11 is 0. The van der Waals surface area contributed by atoms with Gasteiger partial charge in [0, 0.05) is 18.5 Å². The van der Waals surface area contributed by atoms with E-state index in [-0.39, 0.29) is 0 Å². The molecule has 1 aromatic heterocycles. The topological polar surface area (TPSA) is 33.2 Å². The van der Waals surface area contributed by atoms with Crippen molar-refractivity contribution in [2.24, 2.45) is 0 Å². The summed E-state index contributed by atoms with van der Waals surface area (Å²) in [6.45, 7) is 7.99. The normalized spacial score (nSPS) is 10.7. The van der Waals surface area contributed by atoms with Crippen LogP contribution in [0.15, 0.2) is 24.3 Å². The fourth-order valence-corrected chi connectivity index (χ4v) is 2.42. The molecule has 1 heterocycles. The maximum atomic E-state index is 11.3. The Kier molecular flexibility index (Phi) is 4.15. The highest BCUT2D eigenvalue weighted by Gasteiger charge is 2.12. The lowest BCUT2D eigenvalue weighted by atomic mass is 10.1. The summed E-state index contributed by atoms with van der Waals surface area (Å²) in [4.78, 5) is 18.2. The van der Waals surface area contributed by atoms with Crippen molar-refractivity contribution in [1.29, 1.82) is 0 Å². The van der Waals surface area contributed by atoms with Gasteiger partial charge in [0.25, 0.3) is 0 Å². The van der Waals surface area contributed by atoms with E-state index in [2.05, 4.69) is 31.7 Å². The van der Waals surface area contributed by atoms with Gasteiger partial charge in [0.1, 0.15) is 5.82 Å². The first-order valence-electron chi connectivity index (χ1n) is 6.87. The predicted octanol–water partition coefficient (Wildman–Crippen LogP) is 3.46. The van der Waals surface area contributed by atoms with Gasteiger partial charge < -0.3 is 4.90 Å². The van der Waals surface area contributed by atoms with Crippen LogP contribution in [0.2, 0.25) is 0 Å². The molecule has 0 amide bonds. The molecule has 0 fully saturated rings. The molecule has 0 aliphatic rings. The third-order valence-corrected chi connectivity index (χ3v) is 3.51. The van der Waals surface area contributed by atoms with Crippen LogP contribution >= 0.6 is 0 Å². The van der Waals surface area contributed by atoms with Crippen LogP contribution in [0.5, 0.6) is 0 Å². The van der Waals surface area contributed by atoms with Crippen molar-refractivity contribution >= 4 is 23.0 Å². The van der Waals surface area contributed by atoms with Crippen LogP contribution in [0.1, 0.15) is 36.7 Å². The largest absolute Gasteiger partial charge is 0.357 e. The number of nitrogens with zero attached hydrogens (tertiary/aromatic N) is 2. The first kappa shape index (κ1) is 13.5. The molecule has 100 valence electrons. The van der Waals surface area contributed by atoms with Gasteiger partial charge in [0.2, 0.25) is 0 Å². The SMILES string of the molecule is CCc1cccc2cc(C=O)c(N(CC)CC)nc12. The Balaban J connectivity index is 2.71. The van der Waals surface area contributed by atoms with E-state index in [0.717, 1.165) is 42.5 Å². The lowest BCUT2D eigenvalue weighted by molar-refractivity contribution is 0.112. The van der Waals surface area contributed by atoms with Crippen molar-refractivity contribution in [3.63, 3.8) is 0 Å². The number of carbonyl (C=O) groups excluding carboxylic acids is 1. The lowest BCUT2D eigenvalue weighted by Gasteiger charge is -2.22. The van der Waals surface area contributed by atoms with Crippen molar-refractivity contribution < 1.29 is 4.79 Å². The maximum Gasteiger partial charge on any atom is 0.153 e. The monoisotopic (exact) mass is 256 g/mol. The third-order valence-electron chi connectivity index (χ3n) is 3.51. The molecular weight excluding hydrogens is 236 g/mol. The van der Waals surface area contributed by atoms with E-state index < -0.39 is 0 Å². The number of pyridine rings is 1. The van der Waals surface area contributed by atoms with Gasteiger partial charge in [-0.25, -0.2) is 4.98 Å². The molecular formula is C16H20N2O. The molecule has 0 spiro atoms. The van der Waals surface area contributed by atoms with Gasteiger partial charge in [-0.1, -0.05) is 25.1 Å². The van der Waals surface area contributed by atoms with Crippen molar-refractivity contribution in [3.8, 4) is 0 Å². The van der Waals surface area contributed by atoms with E-state index in [1.807, 2.05) is 18.2 Å². The van der Waals surface area contributed by atoms with E-state index >= 15 is 0 Å². The zero-order valence-electron chi connectivity index (χ0n) is 11.8. The first-order chi connectivity index (χ1) is 9.24. The Morgan fingerprint density at radius 1 is 1.21 bits per heavy atom. The molecule has 0 saturated carbocycles. The molecule has 3 heteroatoms. The smallest absolute Gasteiger partial charge is 0.153 e. The molecule has 19 heavy (non-hydrogen) atoms. The minimum Gasteiger partial charge on any atom is -0.357 e. The quantitative estimate of drug-likeness (QED) is 0.768. The Labute approximate surface area is 114 Å². The van der Waals surface area contributed by atoms with Crippen molar-refractivity contribution in [3.05, 3.63) is 35.4 Å². The molecule has 0 bridgehead atoms. The number of rotatable bonds is 5. The fraction of sp³-hybridized carbons (Fsp3) is 0.375. The first-order valence-corrected chi connectivity index (χ1v) is 6.87. The van der Waals surface area contributed by atoms with Crippen LogP contribution in [-0.2, 0) is 6.42 Å². The number of anilines is 1. The summed E-state index contributed by atoms with van der Waals surface area (Å²) in [5, 5.41) is 1.04. The third kappa shape index (κ3) is 2.46. The molecule has 3 nitrogen and oxygen atoms in total. The Morgan fingerprint density at radius 2 is 1.95 bits per heavy atom. The highest BCUT2D eigenvalue weighted by Crippen LogP contribution is 2.25. The van der Waals surface area contributed by atoms with E-state index in [9.17, 15) is 4.79 Å². The van der Waals surface area contributed by atoms with Gasteiger partial charge in [0.05, 0.1) is 11.1 Å². The Bertz CT molecular complexity index is 589. The second-order valence-electron chi connectivity index (χ2n) is 4.53. The van der Waals surface area contributed by atoms with Gasteiger partial charge in [-0.2, -0.15) is 0 Å². The molecule has 0 radical (unpaired) electrons. The summed E-state index contributed by atoms with van der Waals surface area (Å²) < 4.78 is 0. The fourth-order valence-electron chi connectivity index (χ4n) is 2.42. The molecule has 1 aromatic carbocycles. The van der Waals surface area contributed by atoms with Crippen LogP contribution in [0.4, 0.5) is 5.82 Å². The number of hydrogen-bond donors (Lipinski definition) is 0. The summed E-state index contributed by atoms with van der Waals surface area (Å²) in [6, 6.07) is 8.08. The average molecular weight is 256 g/mol. The van der Waals surface area contributed by atoms with Gasteiger partial charge in [-0.3, -0.25) is 4.79 Å². The Morgan fingerprint density at radius 3 is 2.53 bits per heavy atom. The number of fused-ring (bicyclic) bond motifs is 1. The predicted molar refractivity (Wildman–Crippen MR) is 80.1 cm³/mol. The highest BCUT2D eigenvalue weighted by atomic mass is 16.1. The zero-order chi connectivity index (χ0) is 13.8.